The van der Waals surface area contributed by atoms with E-state index in [1.54, 1.807) is 23.3 Å². The van der Waals surface area contributed by atoms with Crippen LogP contribution in [0.4, 0.5) is 5.82 Å². The Morgan fingerprint density at radius 2 is 2.05 bits per heavy atom. The van der Waals surface area contributed by atoms with Crippen LogP contribution in [-0.4, -0.2) is 43.0 Å². The largest absolute Gasteiger partial charge is 0.396 e. The first-order valence-electron chi connectivity index (χ1n) is 7.25. The molecule has 0 unspecified atom stereocenters. The average Bonchev–Trinajstić information content (AvgIpc) is 3.23. The lowest BCUT2D eigenvalue weighted by Crippen LogP contribution is -2.19. The highest BCUT2D eigenvalue weighted by Crippen LogP contribution is 2.45. The van der Waals surface area contributed by atoms with Gasteiger partial charge in [-0.3, -0.25) is 4.98 Å². The van der Waals surface area contributed by atoms with Crippen molar-refractivity contribution in [2.75, 3.05) is 18.5 Å². The fourth-order valence-corrected chi connectivity index (χ4v) is 2.50. The van der Waals surface area contributed by atoms with E-state index in [1.807, 2.05) is 12.1 Å². The van der Waals surface area contributed by atoms with Crippen LogP contribution in [0.5, 0.6) is 0 Å². The van der Waals surface area contributed by atoms with E-state index in [4.69, 9.17) is 0 Å². The number of aliphatic hydroxyl groups is 1. The molecule has 0 saturated heterocycles. The zero-order valence-corrected chi connectivity index (χ0v) is 12.0. The number of hydrogen-bond acceptors (Lipinski definition) is 6. The van der Waals surface area contributed by atoms with Crippen molar-refractivity contribution < 1.29 is 5.11 Å². The van der Waals surface area contributed by atoms with Gasteiger partial charge < -0.3 is 10.4 Å². The summed E-state index contributed by atoms with van der Waals surface area (Å²) in [5.41, 5.74) is 1.68. The molecule has 3 heterocycles. The van der Waals surface area contributed by atoms with Crippen LogP contribution in [0.3, 0.4) is 0 Å². The molecule has 0 aromatic carbocycles. The standard InChI is InChI=1S/C15H16N6O/c22-9-15(3-4-15)8-17-13-12-7-20-21(14(12)19-10-18-13)11-1-5-16-6-2-11/h1-2,5-7,10,22H,3-4,8-9H2,(H,17,18,19). The summed E-state index contributed by atoms with van der Waals surface area (Å²) < 4.78 is 1.77. The molecule has 0 spiro atoms. The lowest BCUT2D eigenvalue weighted by atomic mass is 10.1. The molecule has 7 heteroatoms. The normalized spacial score (nSPS) is 15.9. The Bertz CT molecular complexity index is 796. The number of nitrogens with zero attached hydrogens (tertiary/aromatic N) is 5. The summed E-state index contributed by atoms with van der Waals surface area (Å²) in [5.74, 6) is 0.755. The van der Waals surface area contributed by atoms with Crippen LogP contribution < -0.4 is 5.32 Å². The van der Waals surface area contributed by atoms with Crippen LogP contribution in [0.1, 0.15) is 12.8 Å². The number of nitrogens with one attached hydrogen (secondary N) is 1. The van der Waals surface area contributed by atoms with Crippen molar-refractivity contribution in [1.29, 1.82) is 0 Å². The predicted octanol–water partition coefficient (Wildman–Crippen LogP) is 1.39. The molecule has 0 bridgehead atoms. The van der Waals surface area contributed by atoms with Crippen molar-refractivity contribution >= 4 is 16.9 Å². The van der Waals surface area contributed by atoms with E-state index >= 15 is 0 Å². The summed E-state index contributed by atoms with van der Waals surface area (Å²) in [7, 11) is 0. The highest BCUT2D eigenvalue weighted by molar-refractivity contribution is 5.87. The van der Waals surface area contributed by atoms with E-state index in [0.717, 1.165) is 41.9 Å². The molecule has 1 aliphatic carbocycles. The molecule has 7 nitrogen and oxygen atoms in total. The minimum absolute atomic E-state index is 0.0262. The highest BCUT2D eigenvalue weighted by atomic mass is 16.3. The molecule has 2 N–H and O–H groups in total. The molecular formula is C15H16N6O. The van der Waals surface area contributed by atoms with Gasteiger partial charge in [-0.15, -0.1) is 0 Å². The molecule has 3 aromatic heterocycles. The predicted molar refractivity (Wildman–Crippen MR) is 81.7 cm³/mol. The molecule has 0 aliphatic heterocycles. The average molecular weight is 296 g/mol. The summed E-state index contributed by atoms with van der Waals surface area (Å²) in [6, 6.07) is 3.76. The van der Waals surface area contributed by atoms with Crippen LogP contribution in [-0.2, 0) is 0 Å². The van der Waals surface area contributed by atoms with Crippen LogP contribution in [0.25, 0.3) is 16.7 Å². The maximum absolute atomic E-state index is 9.41. The third kappa shape index (κ3) is 2.19. The van der Waals surface area contributed by atoms with Gasteiger partial charge in [-0.25, -0.2) is 14.6 Å². The Kier molecular flexibility index (Phi) is 3.00. The number of fused-ring (bicyclic) bond motifs is 1. The van der Waals surface area contributed by atoms with Gasteiger partial charge in [0.25, 0.3) is 0 Å². The first kappa shape index (κ1) is 13.1. The van der Waals surface area contributed by atoms with Crippen LogP contribution >= 0.6 is 0 Å². The maximum atomic E-state index is 9.41. The third-order valence-corrected chi connectivity index (χ3v) is 4.20. The minimum Gasteiger partial charge on any atom is -0.396 e. The first-order chi connectivity index (χ1) is 10.8. The summed E-state index contributed by atoms with van der Waals surface area (Å²) in [6.45, 7) is 0.931. The highest BCUT2D eigenvalue weighted by Gasteiger charge is 2.41. The second kappa shape index (κ2) is 5.03. The monoisotopic (exact) mass is 296 g/mol. The zero-order chi connectivity index (χ0) is 15.0. The molecule has 112 valence electrons. The lowest BCUT2D eigenvalue weighted by molar-refractivity contribution is 0.219. The zero-order valence-electron chi connectivity index (χ0n) is 12.0. The van der Waals surface area contributed by atoms with Crippen molar-refractivity contribution in [2.45, 2.75) is 12.8 Å². The van der Waals surface area contributed by atoms with Gasteiger partial charge in [0.2, 0.25) is 0 Å². The second-order valence-corrected chi connectivity index (χ2v) is 5.73. The Morgan fingerprint density at radius 3 is 2.77 bits per heavy atom. The topological polar surface area (TPSA) is 88.8 Å². The van der Waals surface area contributed by atoms with Crippen LogP contribution in [0, 0.1) is 5.41 Å². The van der Waals surface area contributed by atoms with E-state index in [0.29, 0.717) is 0 Å². The summed E-state index contributed by atoms with van der Waals surface area (Å²) >= 11 is 0. The van der Waals surface area contributed by atoms with Gasteiger partial charge in [0.15, 0.2) is 5.65 Å². The fourth-order valence-electron chi connectivity index (χ4n) is 2.50. The van der Waals surface area contributed by atoms with Gasteiger partial charge in [-0.1, -0.05) is 0 Å². The van der Waals surface area contributed by atoms with E-state index in [2.05, 4.69) is 25.4 Å². The van der Waals surface area contributed by atoms with Gasteiger partial charge >= 0.3 is 0 Å². The molecule has 22 heavy (non-hydrogen) atoms. The first-order valence-corrected chi connectivity index (χ1v) is 7.25. The summed E-state index contributed by atoms with van der Waals surface area (Å²) in [5, 5.41) is 18.0. The molecule has 0 amide bonds. The van der Waals surface area contributed by atoms with Gasteiger partial charge in [0.05, 0.1) is 23.9 Å². The quantitative estimate of drug-likeness (QED) is 0.739. The molecule has 1 aliphatic rings. The van der Waals surface area contributed by atoms with Crippen LogP contribution in [0.15, 0.2) is 37.1 Å². The van der Waals surface area contributed by atoms with E-state index in [9.17, 15) is 5.11 Å². The van der Waals surface area contributed by atoms with E-state index in [-0.39, 0.29) is 12.0 Å². The fraction of sp³-hybridized carbons (Fsp3) is 0.333. The Morgan fingerprint density at radius 1 is 1.23 bits per heavy atom. The van der Waals surface area contributed by atoms with E-state index < -0.39 is 0 Å². The Labute approximate surface area is 127 Å². The number of hydrogen-bond donors (Lipinski definition) is 2. The molecule has 1 fully saturated rings. The second-order valence-electron chi connectivity index (χ2n) is 5.73. The van der Waals surface area contributed by atoms with E-state index in [1.165, 1.54) is 6.33 Å². The van der Waals surface area contributed by atoms with Gasteiger partial charge in [-0.05, 0) is 25.0 Å². The van der Waals surface area contributed by atoms with Crippen molar-refractivity contribution in [3.8, 4) is 5.69 Å². The molecule has 0 atom stereocenters. The summed E-state index contributed by atoms with van der Waals surface area (Å²) in [4.78, 5) is 12.7. The number of aromatic nitrogens is 5. The van der Waals surface area contributed by atoms with Gasteiger partial charge in [0, 0.05) is 24.4 Å². The molecule has 4 rings (SSSR count). The SMILES string of the molecule is OCC1(CNc2ncnc3c2cnn3-c2ccncc2)CC1. The van der Waals surface area contributed by atoms with Crippen molar-refractivity contribution in [1.82, 2.24) is 24.7 Å². The lowest BCUT2D eigenvalue weighted by Gasteiger charge is -2.13. The van der Waals surface area contributed by atoms with Gasteiger partial charge in [0.1, 0.15) is 12.1 Å². The Hall–Kier alpha value is -2.54. The number of rotatable bonds is 5. The number of pyridine rings is 1. The molecule has 0 radical (unpaired) electrons. The van der Waals surface area contributed by atoms with Crippen molar-refractivity contribution in [3.63, 3.8) is 0 Å². The molecule has 3 aromatic rings. The van der Waals surface area contributed by atoms with Crippen LogP contribution in [0.2, 0.25) is 0 Å². The van der Waals surface area contributed by atoms with Crippen molar-refractivity contribution in [2.24, 2.45) is 5.41 Å². The number of aliphatic hydroxyl groups excluding tert-OH is 1. The third-order valence-electron chi connectivity index (χ3n) is 4.20. The molecule has 1 saturated carbocycles. The number of anilines is 1. The minimum atomic E-state index is 0.0262. The molecular weight excluding hydrogens is 280 g/mol. The summed E-state index contributed by atoms with van der Waals surface area (Å²) in [6.07, 6.45) is 8.85. The smallest absolute Gasteiger partial charge is 0.168 e. The maximum Gasteiger partial charge on any atom is 0.168 e. The van der Waals surface area contributed by atoms with Gasteiger partial charge in [-0.2, -0.15) is 5.10 Å². The Balaban J connectivity index is 1.68. The van der Waals surface area contributed by atoms with Crippen molar-refractivity contribution in [3.05, 3.63) is 37.1 Å².